The van der Waals surface area contributed by atoms with E-state index in [2.05, 4.69) is 17.2 Å². The van der Waals surface area contributed by atoms with Gasteiger partial charge in [-0.05, 0) is 86.1 Å². The van der Waals surface area contributed by atoms with Gasteiger partial charge in [0, 0.05) is 23.4 Å². The summed E-state index contributed by atoms with van der Waals surface area (Å²) >= 11 is 1.52. The van der Waals surface area contributed by atoms with Crippen molar-refractivity contribution in [1.29, 1.82) is 0 Å². The number of methoxy groups -OCH3 is 1. The van der Waals surface area contributed by atoms with Crippen LogP contribution < -0.4 is 9.47 Å². The quantitative estimate of drug-likeness (QED) is 0.191. The monoisotopic (exact) mass is 517 g/mol. The van der Waals surface area contributed by atoms with Crippen molar-refractivity contribution < 1.29 is 19.3 Å². The number of benzene rings is 2. The maximum absolute atomic E-state index is 10.1. The molecule has 37 heavy (non-hydrogen) atoms. The van der Waals surface area contributed by atoms with Gasteiger partial charge in [-0.15, -0.1) is 0 Å². The number of fused-ring (bicyclic) bond motifs is 1. The molecule has 1 fully saturated rings. The largest absolute Gasteiger partial charge is 0.508 e. The minimum Gasteiger partial charge on any atom is -0.508 e. The summed E-state index contributed by atoms with van der Waals surface area (Å²) in [5, 5.41) is 10.1. The lowest BCUT2D eigenvalue weighted by Crippen LogP contribution is -2.33. The maximum Gasteiger partial charge on any atom is 0.179 e. The van der Waals surface area contributed by atoms with Crippen LogP contribution in [0.3, 0.4) is 0 Å². The van der Waals surface area contributed by atoms with Gasteiger partial charge >= 0.3 is 0 Å². The Kier molecular flexibility index (Phi) is 9.61. The number of hydrogen-bond acceptors (Lipinski definition) is 6. The molecule has 0 amide bonds. The van der Waals surface area contributed by atoms with E-state index in [9.17, 15) is 5.11 Å². The third kappa shape index (κ3) is 7.36. The van der Waals surface area contributed by atoms with Crippen LogP contribution in [0.4, 0.5) is 0 Å². The fraction of sp³-hybridized carbons (Fsp3) is 0.323. The number of likely N-dealkylation sites (tertiary alicyclic amines) is 1. The molecule has 0 spiro atoms. The molecule has 0 bridgehead atoms. The molecule has 2 heterocycles. The second-order valence-electron chi connectivity index (χ2n) is 8.91. The van der Waals surface area contributed by atoms with Crippen molar-refractivity contribution in [2.45, 2.75) is 37.5 Å². The lowest BCUT2D eigenvalue weighted by Gasteiger charge is -2.26. The minimum atomic E-state index is 0.203. The Morgan fingerprint density at radius 2 is 1.84 bits per heavy atom. The van der Waals surface area contributed by atoms with Crippen LogP contribution in [0.2, 0.25) is 0 Å². The topological polar surface area (TPSA) is 51.2 Å². The van der Waals surface area contributed by atoms with Crippen LogP contribution in [0.5, 0.6) is 17.2 Å². The van der Waals surface area contributed by atoms with Gasteiger partial charge in [0.2, 0.25) is 0 Å². The van der Waals surface area contributed by atoms with E-state index in [1.807, 2.05) is 49.4 Å². The fourth-order valence-electron chi connectivity index (χ4n) is 4.25. The molecule has 0 aromatic heterocycles. The summed E-state index contributed by atoms with van der Waals surface area (Å²) in [7, 11) is 1.67. The molecule has 0 saturated carbocycles. The molecular formula is C31H35NO4S. The highest BCUT2D eigenvalue weighted by molar-refractivity contribution is 8.03. The van der Waals surface area contributed by atoms with Crippen LogP contribution >= 0.6 is 11.8 Å². The van der Waals surface area contributed by atoms with Crippen molar-refractivity contribution in [3.63, 3.8) is 0 Å². The average molecular weight is 518 g/mol. The van der Waals surface area contributed by atoms with Crippen LogP contribution in [0.1, 0.15) is 38.2 Å². The van der Waals surface area contributed by atoms with Crippen LogP contribution in [-0.4, -0.2) is 43.4 Å². The molecule has 0 unspecified atom stereocenters. The molecule has 2 aromatic rings. The van der Waals surface area contributed by atoms with Gasteiger partial charge in [0.25, 0.3) is 0 Å². The van der Waals surface area contributed by atoms with E-state index in [1.54, 1.807) is 25.3 Å². The number of ether oxygens (including phenoxy) is 3. The summed E-state index contributed by atoms with van der Waals surface area (Å²) in [6.45, 7) is 10.0. The molecule has 2 aliphatic rings. The van der Waals surface area contributed by atoms with Gasteiger partial charge in [0.1, 0.15) is 23.9 Å². The zero-order valence-corrected chi connectivity index (χ0v) is 22.5. The Morgan fingerprint density at radius 1 is 1.08 bits per heavy atom. The number of allylic oxidation sites excluding steroid dienone is 5. The van der Waals surface area contributed by atoms with E-state index >= 15 is 0 Å². The van der Waals surface area contributed by atoms with E-state index < -0.39 is 0 Å². The third-order valence-corrected chi connectivity index (χ3v) is 7.46. The van der Waals surface area contributed by atoms with E-state index in [1.165, 1.54) is 44.1 Å². The maximum atomic E-state index is 10.1. The summed E-state index contributed by atoms with van der Waals surface area (Å²) in [6.07, 6.45) is 10.4. The van der Waals surface area contributed by atoms with Gasteiger partial charge < -0.3 is 19.3 Å². The Hall–Kier alpha value is -3.31. The number of hydrogen-bond donors (Lipinski definition) is 1. The summed E-state index contributed by atoms with van der Waals surface area (Å²) in [4.78, 5) is 4.21. The summed E-state index contributed by atoms with van der Waals surface area (Å²) in [5.41, 5.74) is 5.18. The third-order valence-electron chi connectivity index (χ3n) is 6.36. The minimum absolute atomic E-state index is 0.203. The first kappa shape index (κ1) is 26.7. The Balaban J connectivity index is 1.53. The standard InChI is InChI=1S/C31H35NO4S/c1-4-23(9-11-25(5-2)34-3)30-22-29(28-16-10-24(33)21-31(28)37-30)36-27-14-12-26(13-15-27)35-20-19-32-17-7-6-8-18-32/h4,9-16,21,33H,1,5-8,17-20H2,2-3H3/b23-9+,25-11+. The number of phenols is 1. The van der Waals surface area contributed by atoms with E-state index in [0.717, 1.165) is 45.4 Å². The smallest absolute Gasteiger partial charge is 0.179 e. The van der Waals surface area contributed by atoms with Gasteiger partial charge in [0.15, 0.2) is 5.76 Å². The van der Waals surface area contributed by atoms with Gasteiger partial charge in [0.05, 0.1) is 17.8 Å². The Morgan fingerprint density at radius 3 is 2.54 bits per heavy atom. The average Bonchev–Trinajstić information content (AvgIpc) is 2.92. The van der Waals surface area contributed by atoms with Crippen molar-refractivity contribution >= 4 is 17.5 Å². The molecule has 4 rings (SSSR count). The zero-order valence-electron chi connectivity index (χ0n) is 21.7. The normalized spacial score (nSPS) is 16.4. The highest BCUT2D eigenvalue weighted by atomic mass is 32.2. The second kappa shape index (κ2) is 13.3. The first-order valence-electron chi connectivity index (χ1n) is 12.8. The van der Waals surface area contributed by atoms with Crippen molar-refractivity contribution in [2.75, 3.05) is 33.4 Å². The zero-order chi connectivity index (χ0) is 26.0. The highest BCUT2D eigenvalue weighted by Gasteiger charge is 2.20. The molecule has 0 atom stereocenters. The van der Waals surface area contributed by atoms with Crippen molar-refractivity contribution in [3.8, 4) is 17.2 Å². The summed E-state index contributed by atoms with van der Waals surface area (Å²) < 4.78 is 17.6. The number of aromatic hydroxyl groups is 1. The molecule has 0 radical (unpaired) electrons. The van der Waals surface area contributed by atoms with Crippen molar-refractivity contribution in [2.24, 2.45) is 0 Å². The Labute approximate surface area is 224 Å². The van der Waals surface area contributed by atoms with Gasteiger partial charge in [-0.25, -0.2) is 0 Å². The summed E-state index contributed by atoms with van der Waals surface area (Å²) in [6, 6.07) is 12.9. The number of thioether (sulfide) groups is 1. The molecule has 0 aliphatic carbocycles. The van der Waals surface area contributed by atoms with Crippen LogP contribution in [-0.2, 0) is 4.74 Å². The van der Waals surface area contributed by atoms with Crippen LogP contribution in [0.25, 0.3) is 5.76 Å². The lowest BCUT2D eigenvalue weighted by molar-refractivity contribution is 0.183. The predicted octanol–water partition coefficient (Wildman–Crippen LogP) is 7.32. The van der Waals surface area contributed by atoms with Gasteiger partial charge in [-0.3, -0.25) is 4.90 Å². The fourth-order valence-corrected chi connectivity index (χ4v) is 5.33. The van der Waals surface area contributed by atoms with E-state index in [-0.39, 0.29) is 5.75 Å². The number of piperidine rings is 1. The predicted molar refractivity (Wildman–Crippen MR) is 151 cm³/mol. The molecule has 2 aliphatic heterocycles. The van der Waals surface area contributed by atoms with Gasteiger partial charge in [-0.1, -0.05) is 43.5 Å². The summed E-state index contributed by atoms with van der Waals surface area (Å²) in [5.74, 6) is 3.18. The SMILES string of the molecule is C=C/C(=C\C=C(/CC)OC)C1=C=C(Oc2ccc(OCCN3CCCCC3)cc2)c2ccc(O)cc2S1. The number of phenolic OH excluding ortho intramolecular Hbond substituents is 1. The molecule has 2 aromatic carbocycles. The molecule has 1 saturated heterocycles. The van der Waals surface area contributed by atoms with Gasteiger partial charge in [-0.2, -0.15) is 0 Å². The van der Waals surface area contributed by atoms with Crippen molar-refractivity contribution in [3.05, 3.63) is 94.8 Å². The first-order valence-corrected chi connectivity index (χ1v) is 13.6. The molecule has 194 valence electrons. The van der Waals surface area contributed by atoms with E-state index in [4.69, 9.17) is 14.2 Å². The van der Waals surface area contributed by atoms with Crippen molar-refractivity contribution in [1.82, 2.24) is 4.90 Å². The highest BCUT2D eigenvalue weighted by Crippen LogP contribution is 2.42. The molecule has 5 nitrogen and oxygen atoms in total. The molecule has 1 N–H and O–H groups in total. The first-order chi connectivity index (χ1) is 18.1. The lowest BCUT2D eigenvalue weighted by atomic mass is 10.1. The number of rotatable bonds is 11. The number of nitrogens with zero attached hydrogens (tertiary/aromatic N) is 1. The van der Waals surface area contributed by atoms with Crippen LogP contribution in [0, 0.1) is 0 Å². The second-order valence-corrected chi connectivity index (χ2v) is 9.96. The van der Waals surface area contributed by atoms with E-state index in [0.29, 0.717) is 18.1 Å². The van der Waals surface area contributed by atoms with Crippen LogP contribution in [0.15, 0.2) is 94.1 Å². The molecule has 6 heteroatoms. The molecular weight excluding hydrogens is 482 g/mol. The Bertz CT molecular complexity index is 1210.